The van der Waals surface area contributed by atoms with E-state index in [9.17, 15) is 0 Å². The second-order valence-electron chi connectivity index (χ2n) is 2.29. The van der Waals surface area contributed by atoms with Crippen LogP contribution in [0.2, 0.25) is 0 Å². The molecule has 0 aliphatic carbocycles. The van der Waals surface area contributed by atoms with E-state index in [1.807, 2.05) is 13.8 Å². The van der Waals surface area contributed by atoms with Crippen LogP contribution in [0, 0.1) is 12.5 Å². The van der Waals surface area contributed by atoms with Crippen molar-refractivity contribution in [2.24, 2.45) is 5.92 Å². The average molecular weight is 214 g/mol. The van der Waals surface area contributed by atoms with Crippen LogP contribution in [0.3, 0.4) is 0 Å². The van der Waals surface area contributed by atoms with Crippen molar-refractivity contribution >= 4 is 0 Å². The third-order valence-corrected chi connectivity index (χ3v) is 1.45. The minimum Gasteiger partial charge on any atom is -0.470 e. The first-order chi connectivity index (χ1) is 4.39. The summed E-state index contributed by atoms with van der Waals surface area (Å²) in [6.07, 6.45) is 2.59. The first-order valence-electron chi connectivity index (χ1n) is 3.94. The molecule has 1 saturated heterocycles. The summed E-state index contributed by atoms with van der Waals surface area (Å²) in [4.78, 5) is 0. The topological polar surface area (TPSA) is 12.0 Å². The summed E-state index contributed by atoms with van der Waals surface area (Å²) in [6, 6.07) is 0. The van der Waals surface area contributed by atoms with Gasteiger partial charge in [-0.1, -0.05) is 26.7 Å². The van der Waals surface area contributed by atoms with Gasteiger partial charge in [0, 0.05) is 0 Å². The van der Waals surface area contributed by atoms with Crippen LogP contribution in [-0.4, -0.2) is 6.54 Å². The SMILES string of the molecule is CC.CC1C[CH-]NCC1.[Rb+]. The van der Waals surface area contributed by atoms with Crippen LogP contribution < -0.4 is 63.5 Å². The molecule has 10 heavy (non-hydrogen) atoms. The molecule has 0 radical (unpaired) electrons. The van der Waals surface area contributed by atoms with Gasteiger partial charge in [-0.2, -0.15) is 6.42 Å². The molecule has 0 amide bonds. The number of piperidine rings is 1. The predicted octanol–water partition coefficient (Wildman–Crippen LogP) is -0.802. The van der Waals surface area contributed by atoms with Crippen molar-refractivity contribution in [3.8, 4) is 0 Å². The van der Waals surface area contributed by atoms with Crippen LogP contribution in [0.25, 0.3) is 0 Å². The smallest absolute Gasteiger partial charge is 0.470 e. The molecule has 1 rings (SSSR count). The molecule has 0 bridgehead atoms. The van der Waals surface area contributed by atoms with E-state index in [4.69, 9.17) is 0 Å². The standard InChI is InChI=1S/C6H12N.C2H6.Rb/c1-6-2-4-7-5-3-6;1-2;/h4,6-7H,2-3,5H2,1H3;1-2H3;/q-1;;+1. The third kappa shape index (κ3) is 7.87. The Hall–Kier alpha value is 1.77. The summed E-state index contributed by atoms with van der Waals surface area (Å²) in [5.74, 6) is 0.918. The fourth-order valence-corrected chi connectivity index (χ4v) is 0.834. The number of hydrogen-bond donors (Lipinski definition) is 1. The molecule has 1 N–H and O–H groups in total. The molecule has 1 atom stereocenters. The minimum absolute atomic E-state index is 0. The van der Waals surface area contributed by atoms with Gasteiger partial charge in [0.15, 0.2) is 0 Å². The molecule has 0 aromatic heterocycles. The van der Waals surface area contributed by atoms with E-state index in [0.29, 0.717) is 0 Å². The summed E-state index contributed by atoms with van der Waals surface area (Å²) < 4.78 is 0. The number of hydrogen-bond acceptors (Lipinski definition) is 1. The monoisotopic (exact) mass is 213 g/mol. The van der Waals surface area contributed by atoms with Gasteiger partial charge in [0.25, 0.3) is 0 Å². The van der Waals surface area contributed by atoms with Crippen molar-refractivity contribution in [3.63, 3.8) is 0 Å². The number of rotatable bonds is 0. The zero-order valence-corrected chi connectivity index (χ0v) is 12.7. The largest absolute Gasteiger partial charge is 1.00 e. The molecule has 0 aromatic rings. The van der Waals surface area contributed by atoms with Crippen molar-refractivity contribution < 1.29 is 58.2 Å². The van der Waals surface area contributed by atoms with E-state index >= 15 is 0 Å². The second-order valence-corrected chi connectivity index (χ2v) is 2.29. The van der Waals surface area contributed by atoms with Crippen molar-refractivity contribution in [2.75, 3.05) is 6.54 Å². The van der Waals surface area contributed by atoms with Crippen LogP contribution in [0.4, 0.5) is 0 Å². The predicted molar refractivity (Wildman–Crippen MR) is 42.0 cm³/mol. The Bertz CT molecular complexity index is 51.2. The normalized spacial score (nSPS) is 23.7. The average Bonchev–Trinajstić information content (AvgIpc) is 1.94. The first kappa shape index (κ1) is 14.3. The van der Waals surface area contributed by atoms with E-state index < -0.39 is 0 Å². The van der Waals surface area contributed by atoms with Gasteiger partial charge >= 0.3 is 58.2 Å². The second kappa shape index (κ2) is 10.8. The summed E-state index contributed by atoms with van der Waals surface area (Å²) in [5.41, 5.74) is 0. The van der Waals surface area contributed by atoms with E-state index in [1.165, 1.54) is 19.4 Å². The van der Waals surface area contributed by atoms with E-state index in [1.54, 1.807) is 0 Å². The quantitative estimate of drug-likeness (QED) is 0.520. The van der Waals surface area contributed by atoms with Gasteiger partial charge in [0.05, 0.1) is 0 Å². The van der Waals surface area contributed by atoms with Crippen molar-refractivity contribution in [3.05, 3.63) is 6.54 Å². The molecule has 1 nitrogen and oxygen atoms in total. The summed E-state index contributed by atoms with van der Waals surface area (Å²) in [7, 11) is 0. The molecular weight excluding hydrogens is 196 g/mol. The maximum Gasteiger partial charge on any atom is 1.00 e. The van der Waals surface area contributed by atoms with Crippen molar-refractivity contribution in [1.29, 1.82) is 0 Å². The van der Waals surface area contributed by atoms with E-state index in [0.717, 1.165) is 5.92 Å². The van der Waals surface area contributed by atoms with Gasteiger partial charge in [-0.3, -0.25) is 6.54 Å². The molecule has 1 aliphatic heterocycles. The Kier molecular flexibility index (Phi) is 15.4. The van der Waals surface area contributed by atoms with Gasteiger partial charge in [-0.25, -0.2) is 0 Å². The van der Waals surface area contributed by atoms with Gasteiger partial charge in [0.2, 0.25) is 0 Å². The first-order valence-corrected chi connectivity index (χ1v) is 3.94. The summed E-state index contributed by atoms with van der Waals surface area (Å²) >= 11 is 0. The molecule has 56 valence electrons. The zero-order chi connectivity index (χ0) is 7.11. The Labute approximate surface area is 114 Å². The minimum atomic E-state index is 0. The van der Waals surface area contributed by atoms with Crippen LogP contribution in [0.5, 0.6) is 0 Å². The molecule has 1 aliphatic rings. The Morgan fingerprint density at radius 3 is 2.20 bits per heavy atom. The summed E-state index contributed by atoms with van der Waals surface area (Å²) in [6.45, 7) is 9.63. The van der Waals surface area contributed by atoms with Crippen molar-refractivity contribution in [1.82, 2.24) is 5.32 Å². The van der Waals surface area contributed by atoms with Crippen LogP contribution in [0.15, 0.2) is 0 Å². The van der Waals surface area contributed by atoms with Gasteiger partial charge < -0.3 is 5.32 Å². The van der Waals surface area contributed by atoms with Gasteiger partial charge in [-0.05, 0) is 13.0 Å². The molecule has 2 heteroatoms. The maximum atomic E-state index is 3.19. The Morgan fingerprint density at radius 1 is 1.40 bits per heavy atom. The summed E-state index contributed by atoms with van der Waals surface area (Å²) in [5, 5.41) is 3.19. The Balaban J connectivity index is 0. The zero-order valence-electron chi connectivity index (χ0n) is 7.78. The third-order valence-electron chi connectivity index (χ3n) is 1.45. The van der Waals surface area contributed by atoms with E-state index in [-0.39, 0.29) is 58.2 Å². The molecule has 0 aromatic carbocycles. The van der Waals surface area contributed by atoms with Crippen molar-refractivity contribution in [2.45, 2.75) is 33.6 Å². The molecule has 0 saturated carbocycles. The van der Waals surface area contributed by atoms with Gasteiger partial charge in [-0.15, -0.1) is 0 Å². The fourth-order valence-electron chi connectivity index (χ4n) is 0.834. The molecule has 0 spiro atoms. The van der Waals surface area contributed by atoms with Gasteiger partial charge in [0.1, 0.15) is 0 Å². The number of nitrogens with one attached hydrogen (secondary N) is 1. The van der Waals surface area contributed by atoms with E-state index in [2.05, 4.69) is 18.8 Å². The fraction of sp³-hybridized carbons (Fsp3) is 0.875. The molecular formula is C8H18NRb. The molecule has 1 heterocycles. The Morgan fingerprint density at radius 2 is 2.00 bits per heavy atom. The van der Waals surface area contributed by atoms with Crippen LogP contribution in [-0.2, 0) is 0 Å². The molecule has 1 unspecified atom stereocenters. The maximum absolute atomic E-state index is 3.19. The van der Waals surface area contributed by atoms with Crippen LogP contribution in [0.1, 0.15) is 33.6 Å². The molecule has 1 fully saturated rings. The van der Waals surface area contributed by atoms with Crippen LogP contribution >= 0.6 is 0 Å².